The summed E-state index contributed by atoms with van der Waals surface area (Å²) in [7, 11) is 0. The third kappa shape index (κ3) is 4.49. The van der Waals surface area contributed by atoms with Crippen molar-refractivity contribution in [3.63, 3.8) is 0 Å². The SMILES string of the molecule is OCC1CCC(N(C2CCCCC2)C2CCC(CO)CC2)CC1. The minimum atomic E-state index is 0.387. The zero-order chi connectivity index (χ0) is 16.1. The van der Waals surface area contributed by atoms with Crippen molar-refractivity contribution in [3.05, 3.63) is 0 Å². The van der Waals surface area contributed by atoms with Gasteiger partial charge in [0.25, 0.3) is 0 Å². The van der Waals surface area contributed by atoms with Crippen LogP contribution in [0.4, 0.5) is 0 Å². The lowest BCUT2D eigenvalue weighted by Gasteiger charge is -2.48. The number of nitrogens with zero attached hydrogens (tertiary/aromatic N) is 1. The van der Waals surface area contributed by atoms with E-state index in [2.05, 4.69) is 4.90 Å². The van der Waals surface area contributed by atoms with E-state index in [1.807, 2.05) is 0 Å². The van der Waals surface area contributed by atoms with E-state index in [0.717, 1.165) is 18.1 Å². The first kappa shape index (κ1) is 17.7. The highest BCUT2D eigenvalue weighted by Crippen LogP contribution is 2.38. The highest BCUT2D eigenvalue weighted by molar-refractivity contribution is 4.91. The topological polar surface area (TPSA) is 43.7 Å². The molecule has 0 bridgehead atoms. The van der Waals surface area contributed by atoms with Crippen LogP contribution in [0.3, 0.4) is 0 Å². The molecule has 3 saturated carbocycles. The van der Waals surface area contributed by atoms with Crippen LogP contribution < -0.4 is 0 Å². The van der Waals surface area contributed by atoms with Crippen LogP contribution in [0, 0.1) is 11.8 Å². The lowest BCUT2D eigenvalue weighted by atomic mass is 9.79. The predicted octanol–water partition coefficient (Wildman–Crippen LogP) is 3.72. The molecule has 0 unspecified atom stereocenters. The van der Waals surface area contributed by atoms with Crippen molar-refractivity contribution in [1.82, 2.24) is 4.90 Å². The standard InChI is InChI=1S/C20H37NO2/c22-14-16-6-10-19(11-7-16)21(18-4-2-1-3-5-18)20-12-8-17(15-23)9-13-20/h16-20,22-23H,1-15H2. The Labute approximate surface area is 142 Å². The second-order valence-corrected chi connectivity index (χ2v) is 8.45. The van der Waals surface area contributed by atoms with E-state index in [9.17, 15) is 10.2 Å². The van der Waals surface area contributed by atoms with E-state index in [0.29, 0.717) is 25.0 Å². The Balaban J connectivity index is 1.64. The molecule has 3 aliphatic rings. The average Bonchev–Trinajstić information content (AvgIpc) is 2.64. The Morgan fingerprint density at radius 1 is 0.522 bits per heavy atom. The van der Waals surface area contributed by atoms with Gasteiger partial charge in [-0.1, -0.05) is 19.3 Å². The molecule has 0 saturated heterocycles. The van der Waals surface area contributed by atoms with Gasteiger partial charge in [0.2, 0.25) is 0 Å². The van der Waals surface area contributed by atoms with E-state index in [1.165, 1.54) is 83.5 Å². The molecule has 0 spiro atoms. The zero-order valence-electron chi connectivity index (χ0n) is 14.8. The van der Waals surface area contributed by atoms with Gasteiger partial charge in [-0.25, -0.2) is 0 Å². The summed E-state index contributed by atoms with van der Waals surface area (Å²) in [5, 5.41) is 18.9. The van der Waals surface area contributed by atoms with Crippen LogP contribution in [0.2, 0.25) is 0 Å². The van der Waals surface area contributed by atoms with Crippen LogP contribution in [0.15, 0.2) is 0 Å². The van der Waals surface area contributed by atoms with Crippen molar-refractivity contribution in [2.75, 3.05) is 13.2 Å². The molecule has 0 amide bonds. The number of hydrogen-bond donors (Lipinski definition) is 2. The van der Waals surface area contributed by atoms with E-state index in [-0.39, 0.29) is 0 Å². The first-order valence-corrected chi connectivity index (χ1v) is 10.3. The van der Waals surface area contributed by atoms with Gasteiger partial charge in [0, 0.05) is 31.3 Å². The molecule has 3 rings (SSSR count). The van der Waals surface area contributed by atoms with Gasteiger partial charge in [-0.05, 0) is 76.0 Å². The lowest BCUT2D eigenvalue weighted by molar-refractivity contribution is 0.00191. The van der Waals surface area contributed by atoms with Crippen LogP contribution in [0.1, 0.15) is 83.5 Å². The lowest BCUT2D eigenvalue weighted by Crippen LogP contribution is -2.52. The van der Waals surface area contributed by atoms with Gasteiger partial charge < -0.3 is 10.2 Å². The monoisotopic (exact) mass is 323 g/mol. The molecule has 0 atom stereocenters. The minimum Gasteiger partial charge on any atom is -0.396 e. The molecule has 0 aromatic carbocycles. The maximum absolute atomic E-state index is 9.43. The second kappa shape index (κ2) is 8.82. The number of aliphatic hydroxyl groups excluding tert-OH is 2. The summed E-state index contributed by atoms with van der Waals surface area (Å²) in [6.45, 7) is 0.773. The van der Waals surface area contributed by atoms with Gasteiger partial charge in [0.15, 0.2) is 0 Å². The average molecular weight is 324 g/mol. The van der Waals surface area contributed by atoms with Crippen molar-refractivity contribution < 1.29 is 10.2 Å². The van der Waals surface area contributed by atoms with E-state index < -0.39 is 0 Å². The second-order valence-electron chi connectivity index (χ2n) is 8.45. The smallest absolute Gasteiger partial charge is 0.0459 e. The van der Waals surface area contributed by atoms with Crippen molar-refractivity contribution in [3.8, 4) is 0 Å². The van der Waals surface area contributed by atoms with Crippen LogP contribution >= 0.6 is 0 Å². The summed E-state index contributed by atoms with van der Waals surface area (Å²) in [4.78, 5) is 2.96. The molecule has 23 heavy (non-hydrogen) atoms. The normalized spacial score (nSPS) is 37.2. The zero-order valence-corrected chi connectivity index (χ0v) is 14.8. The molecular formula is C20H37NO2. The van der Waals surface area contributed by atoms with E-state index in [1.54, 1.807) is 0 Å². The van der Waals surface area contributed by atoms with Crippen LogP contribution in [0.5, 0.6) is 0 Å². The number of rotatable bonds is 5. The van der Waals surface area contributed by atoms with Crippen LogP contribution in [-0.2, 0) is 0 Å². The fourth-order valence-electron chi connectivity index (χ4n) is 5.52. The highest BCUT2D eigenvalue weighted by atomic mass is 16.3. The molecule has 134 valence electrons. The van der Waals surface area contributed by atoms with Gasteiger partial charge >= 0.3 is 0 Å². The molecule has 0 heterocycles. The van der Waals surface area contributed by atoms with Crippen LogP contribution in [0.25, 0.3) is 0 Å². The Morgan fingerprint density at radius 3 is 1.30 bits per heavy atom. The summed E-state index contributed by atoms with van der Waals surface area (Å²) >= 11 is 0. The van der Waals surface area contributed by atoms with E-state index >= 15 is 0 Å². The Morgan fingerprint density at radius 2 is 0.913 bits per heavy atom. The molecule has 3 aliphatic carbocycles. The number of aliphatic hydroxyl groups is 2. The molecule has 2 N–H and O–H groups in total. The first-order chi connectivity index (χ1) is 11.3. The third-order valence-electron chi connectivity index (χ3n) is 6.99. The van der Waals surface area contributed by atoms with E-state index in [4.69, 9.17) is 0 Å². The molecule has 3 fully saturated rings. The number of hydrogen-bond acceptors (Lipinski definition) is 3. The largest absolute Gasteiger partial charge is 0.396 e. The van der Waals surface area contributed by atoms with Crippen LogP contribution in [-0.4, -0.2) is 46.5 Å². The fraction of sp³-hybridized carbons (Fsp3) is 1.00. The summed E-state index contributed by atoms with van der Waals surface area (Å²) in [6.07, 6.45) is 17.1. The van der Waals surface area contributed by atoms with Gasteiger partial charge in [-0.15, -0.1) is 0 Å². The molecule has 0 radical (unpaired) electrons. The molecule has 3 heteroatoms. The highest BCUT2D eigenvalue weighted by Gasteiger charge is 2.36. The summed E-state index contributed by atoms with van der Waals surface area (Å²) in [5.74, 6) is 1.12. The van der Waals surface area contributed by atoms with Crippen molar-refractivity contribution in [2.45, 2.75) is 102 Å². The van der Waals surface area contributed by atoms with Gasteiger partial charge in [0.1, 0.15) is 0 Å². The molecule has 0 aliphatic heterocycles. The molecular weight excluding hydrogens is 286 g/mol. The van der Waals surface area contributed by atoms with Gasteiger partial charge in [-0.2, -0.15) is 0 Å². The molecule has 3 nitrogen and oxygen atoms in total. The maximum atomic E-state index is 9.43. The van der Waals surface area contributed by atoms with Gasteiger partial charge in [0.05, 0.1) is 0 Å². The van der Waals surface area contributed by atoms with Gasteiger partial charge in [-0.3, -0.25) is 4.90 Å². The molecule has 0 aromatic heterocycles. The van der Waals surface area contributed by atoms with Crippen molar-refractivity contribution in [1.29, 1.82) is 0 Å². The molecule has 0 aromatic rings. The predicted molar refractivity (Wildman–Crippen MR) is 94.4 cm³/mol. The Kier molecular flexibility index (Phi) is 6.79. The summed E-state index contributed by atoms with van der Waals surface area (Å²) < 4.78 is 0. The quantitative estimate of drug-likeness (QED) is 0.810. The Bertz CT molecular complexity index is 303. The Hall–Kier alpha value is -0.120. The third-order valence-corrected chi connectivity index (χ3v) is 6.99. The fourth-order valence-corrected chi connectivity index (χ4v) is 5.52. The van der Waals surface area contributed by atoms with Crippen molar-refractivity contribution in [2.24, 2.45) is 11.8 Å². The minimum absolute atomic E-state index is 0.387. The summed E-state index contributed by atoms with van der Waals surface area (Å²) in [6, 6.07) is 2.34. The van der Waals surface area contributed by atoms with Crippen molar-refractivity contribution >= 4 is 0 Å². The first-order valence-electron chi connectivity index (χ1n) is 10.3. The summed E-state index contributed by atoms with van der Waals surface area (Å²) in [5.41, 5.74) is 0. The maximum Gasteiger partial charge on any atom is 0.0459 e.